The van der Waals surface area contributed by atoms with Crippen LogP contribution in [0.2, 0.25) is 0 Å². The minimum Gasteiger partial charge on any atom is -0.393 e. The van der Waals surface area contributed by atoms with Crippen LogP contribution in [0.4, 0.5) is 0 Å². The van der Waals surface area contributed by atoms with Crippen LogP contribution in [0.3, 0.4) is 0 Å². The van der Waals surface area contributed by atoms with Crippen LogP contribution < -0.4 is 0 Å². The van der Waals surface area contributed by atoms with Gasteiger partial charge in [0.2, 0.25) is 0 Å². The molecule has 0 rings (SSSR count). The molecule has 5 heteroatoms. The van der Waals surface area contributed by atoms with Gasteiger partial charge in [0.25, 0.3) is 0 Å². The molecule has 0 aromatic heterocycles. The zero-order valence-corrected chi connectivity index (χ0v) is 9.63. The third-order valence-corrected chi connectivity index (χ3v) is 2.96. The molecule has 0 aliphatic heterocycles. The maximum absolute atomic E-state index is 9.43. The fourth-order valence-electron chi connectivity index (χ4n) is 1.82. The highest BCUT2D eigenvalue weighted by atomic mass is 16.3. The van der Waals surface area contributed by atoms with Gasteiger partial charge in [-0.25, -0.2) is 0 Å². The lowest BCUT2D eigenvalue weighted by atomic mass is 10.2. The average molecular weight is 222 g/mol. The standard InChI is InChI=1S/C10H24NO4/c1-3-11(4-2,5-9(14)7-12)6-10(15)8-13/h9-10,12-15H,3-8H2,1-2H3/q+1. The van der Waals surface area contributed by atoms with Crippen molar-refractivity contribution >= 4 is 0 Å². The van der Waals surface area contributed by atoms with Gasteiger partial charge in [0.05, 0.1) is 26.3 Å². The summed E-state index contributed by atoms with van der Waals surface area (Å²) in [6.07, 6.45) is -1.54. The van der Waals surface area contributed by atoms with Gasteiger partial charge in [0.15, 0.2) is 0 Å². The zero-order valence-electron chi connectivity index (χ0n) is 9.63. The van der Waals surface area contributed by atoms with E-state index in [1.807, 2.05) is 13.8 Å². The van der Waals surface area contributed by atoms with Gasteiger partial charge in [0.1, 0.15) is 25.3 Å². The summed E-state index contributed by atoms with van der Waals surface area (Å²) in [6.45, 7) is 5.72. The first-order valence-electron chi connectivity index (χ1n) is 5.46. The number of nitrogens with zero attached hydrogens (tertiary/aromatic N) is 1. The molecular formula is C10H24NO4+. The van der Waals surface area contributed by atoms with Gasteiger partial charge in [-0.3, -0.25) is 0 Å². The normalized spacial score (nSPS) is 16.4. The molecule has 0 aliphatic rings. The van der Waals surface area contributed by atoms with Crippen molar-refractivity contribution < 1.29 is 24.9 Å². The van der Waals surface area contributed by atoms with Crippen molar-refractivity contribution in [3.63, 3.8) is 0 Å². The first-order chi connectivity index (χ1) is 7.03. The Morgan fingerprint density at radius 3 is 1.40 bits per heavy atom. The first-order valence-corrected chi connectivity index (χ1v) is 5.46. The van der Waals surface area contributed by atoms with E-state index in [-0.39, 0.29) is 13.2 Å². The van der Waals surface area contributed by atoms with Crippen molar-refractivity contribution in [2.45, 2.75) is 26.1 Å². The molecule has 0 saturated carbocycles. The third-order valence-electron chi connectivity index (χ3n) is 2.96. The number of hydrogen-bond donors (Lipinski definition) is 4. The Hall–Kier alpha value is -0.200. The van der Waals surface area contributed by atoms with Crippen molar-refractivity contribution in [3.8, 4) is 0 Å². The van der Waals surface area contributed by atoms with E-state index in [0.717, 1.165) is 13.1 Å². The summed E-state index contributed by atoms with van der Waals surface area (Å²) in [7, 11) is 0. The van der Waals surface area contributed by atoms with Gasteiger partial charge >= 0.3 is 0 Å². The summed E-state index contributed by atoms with van der Waals surface area (Å²) in [5.74, 6) is 0. The van der Waals surface area contributed by atoms with Gasteiger partial charge in [-0.2, -0.15) is 0 Å². The summed E-state index contributed by atoms with van der Waals surface area (Å²) >= 11 is 0. The Bertz CT molecular complexity index is 148. The van der Waals surface area contributed by atoms with Gasteiger partial charge in [-0.15, -0.1) is 0 Å². The lowest BCUT2D eigenvalue weighted by molar-refractivity contribution is -0.930. The van der Waals surface area contributed by atoms with E-state index in [1.54, 1.807) is 0 Å². The second kappa shape index (κ2) is 7.14. The van der Waals surface area contributed by atoms with Crippen LogP contribution in [0.5, 0.6) is 0 Å². The Morgan fingerprint density at radius 2 is 1.20 bits per heavy atom. The quantitative estimate of drug-likeness (QED) is 0.379. The Balaban J connectivity index is 4.42. The topological polar surface area (TPSA) is 80.9 Å². The fourth-order valence-corrected chi connectivity index (χ4v) is 1.82. The largest absolute Gasteiger partial charge is 0.393 e. The van der Waals surface area contributed by atoms with Crippen LogP contribution in [0.25, 0.3) is 0 Å². The molecule has 0 aromatic rings. The van der Waals surface area contributed by atoms with Gasteiger partial charge in [0, 0.05) is 0 Å². The molecule has 0 fully saturated rings. The maximum Gasteiger partial charge on any atom is 0.126 e. The summed E-state index contributed by atoms with van der Waals surface area (Å²) in [6, 6.07) is 0. The van der Waals surface area contributed by atoms with Crippen LogP contribution in [-0.2, 0) is 0 Å². The molecular weight excluding hydrogens is 198 g/mol. The van der Waals surface area contributed by atoms with Crippen molar-refractivity contribution in [1.82, 2.24) is 0 Å². The van der Waals surface area contributed by atoms with Gasteiger partial charge < -0.3 is 24.9 Å². The summed E-state index contributed by atoms with van der Waals surface area (Å²) < 4.78 is 0.503. The van der Waals surface area contributed by atoms with Crippen molar-refractivity contribution in [2.75, 3.05) is 39.4 Å². The molecule has 2 atom stereocenters. The van der Waals surface area contributed by atoms with Gasteiger partial charge in [-0.1, -0.05) is 0 Å². The molecule has 0 heterocycles. The molecule has 5 nitrogen and oxygen atoms in total. The molecule has 92 valence electrons. The molecule has 0 spiro atoms. The lowest BCUT2D eigenvalue weighted by Gasteiger charge is -2.39. The number of quaternary nitrogens is 1. The van der Waals surface area contributed by atoms with Crippen LogP contribution in [-0.4, -0.2) is 76.5 Å². The molecule has 0 aromatic carbocycles. The summed E-state index contributed by atoms with van der Waals surface area (Å²) in [4.78, 5) is 0. The number of likely N-dealkylation sites (N-methyl/N-ethyl adjacent to an activating group) is 1. The van der Waals surface area contributed by atoms with Crippen molar-refractivity contribution in [3.05, 3.63) is 0 Å². The van der Waals surface area contributed by atoms with Gasteiger partial charge in [-0.05, 0) is 13.8 Å². The zero-order chi connectivity index (χ0) is 11.9. The predicted molar refractivity (Wildman–Crippen MR) is 57.3 cm³/mol. The van der Waals surface area contributed by atoms with E-state index in [9.17, 15) is 10.2 Å². The predicted octanol–water partition coefficient (Wildman–Crippen LogP) is -1.45. The maximum atomic E-state index is 9.43. The second-order valence-electron chi connectivity index (χ2n) is 4.01. The minimum atomic E-state index is -0.768. The Morgan fingerprint density at radius 1 is 0.867 bits per heavy atom. The molecule has 0 amide bonds. The average Bonchev–Trinajstić information content (AvgIpc) is 2.27. The molecule has 0 radical (unpaired) electrons. The van der Waals surface area contributed by atoms with E-state index in [4.69, 9.17) is 10.2 Å². The monoisotopic (exact) mass is 222 g/mol. The van der Waals surface area contributed by atoms with Crippen LogP contribution in [0.1, 0.15) is 13.8 Å². The minimum absolute atomic E-state index is 0.269. The number of aliphatic hydroxyl groups is 4. The van der Waals surface area contributed by atoms with E-state index in [0.29, 0.717) is 17.6 Å². The van der Waals surface area contributed by atoms with E-state index >= 15 is 0 Å². The number of aliphatic hydroxyl groups excluding tert-OH is 4. The van der Waals surface area contributed by atoms with E-state index in [1.165, 1.54) is 0 Å². The second-order valence-corrected chi connectivity index (χ2v) is 4.01. The number of rotatable bonds is 8. The van der Waals surface area contributed by atoms with E-state index < -0.39 is 12.2 Å². The van der Waals surface area contributed by atoms with E-state index in [2.05, 4.69) is 0 Å². The van der Waals surface area contributed by atoms with Crippen LogP contribution >= 0.6 is 0 Å². The summed E-state index contributed by atoms with van der Waals surface area (Å²) in [5.41, 5.74) is 0. The molecule has 0 saturated heterocycles. The lowest BCUT2D eigenvalue weighted by Crippen LogP contribution is -2.56. The molecule has 15 heavy (non-hydrogen) atoms. The number of hydrogen-bond acceptors (Lipinski definition) is 4. The third kappa shape index (κ3) is 4.90. The fraction of sp³-hybridized carbons (Fsp3) is 1.00. The Labute approximate surface area is 91.2 Å². The van der Waals surface area contributed by atoms with Crippen LogP contribution in [0.15, 0.2) is 0 Å². The summed E-state index contributed by atoms with van der Waals surface area (Å²) in [5, 5.41) is 36.5. The molecule has 4 N–H and O–H groups in total. The highest BCUT2D eigenvalue weighted by molar-refractivity contribution is 4.57. The molecule has 0 aliphatic carbocycles. The highest BCUT2D eigenvalue weighted by Crippen LogP contribution is 2.09. The van der Waals surface area contributed by atoms with Crippen molar-refractivity contribution in [2.24, 2.45) is 0 Å². The smallest absolute Gasteiger partial charge is 0.126 e. The SMILES string of the molecule is CC[N+](CC)(CC(O)CO)CC(O)CO. The van der Waals surface area contributed by atoms with Crippen LogP contribution in [0, 0.1) is 0 Å². The van der Waals surface area contributed by atoms with Crippen molar-refractivity contribution in [1.29, 1.82) is 0 Å². The Kier molecular flexibility index (Phi) is 7.04. The molecule has 2 unspecified atom stereocenters. The highest BCUT2D eigenvalue weighted by Gasteiger charge is 2.29. The molecule has 0 bridgehead atoms. The first kappa shape index (κ1) is 14.8.